The SMILES string of the molecule is COc1ccc(OC)c(Nc2ccc(NC(C)=O)nc2)c1. The summed E-state index contributed by atoms with van der Waals surface area (Å²) in [4.78, 5) is 15.1. The van der Waals surface area contributed by atoms with Gasteiger partial charge in [0.2, 0.25) is 5.91 Å². The van der Waals surface area contributed by atoms with Crippen molar-refractivity contribution in [2.45, 2.75) is 6.92 Å². The van der Waals surface area contributed by atoms with E-state index in [0.29, 0.717) is 11.6 Å². The lowest BCUT2D eigenvalue weighted by Gasteiger charge is -2.12. The maximum atomic E-state index is 10.9. The molecule has 0 spiro atoms. The average molecular weight is 287 g/mol. The van der Waals surface area contributed by atoms with Crippen LogP contribution in [-0.2, 0) is 4.79 Å². The van der Waals surface area contributed by atoms with Gasteiger partial charge in [-0.2, -0.15) is 0 Å². The Hall–Kier alpha value is -2.76. The van der Waals surface area contributed by atoms with E-state index in [2.05, 4.69) is 15.6 Å². The molecule has 21 heavy (non-hydrogen) atoms. The van der Waals surface area contributed by atoms with Gasteiger partial charge >= 0.3 is 0 Å². The molecule has 2 N–H and O–H groups in total. The van der Waals surface area contributed by atoms with E-state index in [9.17, 15) is 4.79 Å². The van der Waals surface area contributed by atoms with Crippen molar-refractivity contribution in [2.75, 3.05) is 24.9 Å². The van der Waals surface area contributed by atoms with Gasteiger partial charge in [-0.25, -0.2) is 4.98 Å². The summed E-state index contributed by atoms with van der Waals surface area (Å²) in [6.07, 6.45) is 1.63. The number of nitrogens with one attached hydrogen (secondary N) is 2. The van der Waals surface area contributed by atoms with Crippen LogP contribution in [0.15, 0.2) is 36.5 Å². The van der Waals surface area contributed by atoms with Crippen LogP contribution in [0, 0.1) is 0 Å². The second-order valence-electron chi connectivity index (χ2n) is 4.30. The van der Waals surface area contributed by atoms with Crippen molar-refractivity contribution in [3.63, 3.8) is 0 Å². The average Bonchev–Trinajstić information content (AvgIpc) is 2.48. The normalized spacial score (nSPS) is 9.86. The Morgan fingerprint density at radius 2 is 1.95 bits per heavy atom. The first-order valence-electron chi connectivity index (χ1n) is 6.35. The molecule has 0 fully saturated rings. The number of amides is 1. The fraction of sp³-hybridized carbons (Fsp3) is 0.200. The van der Waals surface area contributed by atoms with Crippen LogP contribution < -0.4 is 20.1 Å². The number of hydrogen-bond donors (Lipinski definition) is 2. The van der Waals surface area contributed by atoms with Gasteiger partial charge in [-0.15, -0.1) is 0 Å². The van der Waals surface area contributed by atoms with Gasteiger partial charge in [-0.1, -0.05) is 0 Å². The molecule has 1 amide bonds. The highest BCUT2D eigenvalue weighted by Gasteiger charge is 2.06. The Bertz CT molecular complexity index is 627. The molecule has 0 aliphatic rings. The van der Waals surface area contributed by atoms with E-state index in [4.69, 9.17) is 9.47 Å². The van der Waals surface area contributed by atoms with E-state index in [1.807, 2.05) is 24.3 Å². The number of aromatic nitrogens is 1. The van der Waals surface area contributed by atoms with Crippen molar-refractivity contribution in [1.82, 2.24) is 4.98 Å². The highest BCUT2D eigenvalue weighted by molar-refractivity contribution is 5.87. The van der Waals surface area contributed by atoms with Crippen molar-refractivity contribution >= 4 is 23.1 Å². The molecule has 0 bridgehead atoms. The Labute approximate surface area is 123 Å². The molecule has 0 radical (unpaired) electrons. The van der Waals surface area contributed by atoms with Gasteiger partial charge in [0, 0.05) is 13.0 Å². The number of carbonyl (C=O) groups is 1. The summed E-state index contributed by atoms with van der Waals surface area (Å²) in [6.45, 7) is 1.44. The zero-order valence-electron chi connectivity index (χ0n) is 12.1. The minimum Gasteiger partial charge on any atom is -0.497 e. The first kappa shape index (κ1) is 14.6. The molecule has 110 valence electrons. The van der Waals surface area contributed by atoms with Crippen LogP contribution >= 0.6 is 0 Å². The van der Waals surface area contributed by atoms with Crippen LogP contribution in [-0.4, -0.2) is 25.1 Å². The number of methoxy groups -OCH3 is 2. The summed E-state index contributed by atoms with van der Waals surface area (Å²) < 4.78 is 10.5. The number of rotatable bonds is 5. The first-order chi connectivity index (χ1) is 10.1. The standard InChI is InChI=1S/C15H17N3O3/c1-10(19)17-15-7-4-11(9-16-15)18-13-8-12(20-2)5-6-14(13)21-3/h4-9,18H,1-3H3,(H,16,17,19). The smallest absolute Gasteiger partial charge is 0.222 e. The number of benzene rings is 1. The van der Waals surface area contributed by atoms with Gasteiger partial charge in [-0.3, -0.25) is 4.79 Å². The first-order valence-corrected chi connectivity index (χ1v) is 6.35. The second-order valence-corrected chi connectivity index (χ2v) is 4.30. The van der Waals surface area contributed by atoms with Crippen LogP contribution in [0.25, 0.3) is 0 Å². The predicted molar refractivity (Wildman–Crippen MR) is 81.4 cm³/mol. The van der Waals surface area contributed by atoms with Gasteiger partial charge in [-0.05, 0) is 24.3 Å². The summed E-state index contributed by atoms with van der Waals surface area (Å²) >= 11 is 0. The number of pyridine rings is 1. The fourth-order valence-corrected chi connectivity index (χ4v) is 1.79. The van der Waals surface area contributed by atoms with Crippen molar-refractivity contribution in [3.8, 4) is 11.5 Å². The van der Waals surface area contributed by atoms with Gasteiger partial charge < -0.3 is 20.1 Å². The largest absolute Gasteiger partial charge is 0.497 e. The molecule has 1 heterocycles. The maximum Gasteiger partial charge on any atom is 0.222 e. The van der Waals surface area contributed by atoms with E-state index in [-0.39, 0.29) is 5.91 Å². The summed E-state index contributed by atoms with van der Waals surface area (Å²) in [5, 5.41) is 5.81. The molecule has 2 aromatic rings. The minimum absolute atomic E-state index is 0.155. The molecule has 0 saturated carbocycles. The minimum atomic E-state index is -0.155. The zero-order chi connectivity index (χ0) is 15.2. The van der Waals surface area contributed by atoms with E-state index < -0.39 is 0 Å². The predicted octanol–water partition coefficient (Wildman–Crippen LogP) is 2.80. The molecule has 6 nitrogen and oxygen atoms in total. The van der Waals surface area contributed by atoms with E-state index in [0.717, 1.165) is 17.1 Å². The lowest BCUT2D eigenvalue weighted by Crippen LogP contribution is -2.07. The van der Waals surface area contributed by atoms with Gasteiger partial charge in [0.15, 0.2) is 0 Å². The lowest BCUT2D eigenvalue weighted by atomic mass is 10.2. The van der Waals surface area contributed by atoms with Crippen LogP contribution in [0.3, 0.4) is 0 Å². The third kappa shape index (κ3) is 3.85. The zero-order valence-corrected chi connectivity index (χ0v) is 12.1. The molecule has 2 rings (SSSR count). The molecule has 0 saturated heterocycles. The Balaban J connectivity index is 2.19. The Morgan fingerprint density at radius 3 is 2.52 bits per heavy atom. The molecule has 0 aliphatic heterocycles. The van der Waals surface area contributed by atoms with Crippen molar-refractivity contribution in [3.05, 3.63) is 36.5 Å². The van der Waals surface area contributed by atoms with Crippen LogP contribution in [0.2, 0.25) is 0 Å². The molecular formula is C15H17N3O3. The van der Waals surface area contributed by atoms with Gasteiger partial charge in [0.25, 0.3) is 0 Å². The molecule has 0 atom stereocenters. The summed E-state index contributed by atoms with van der Waals surface area (Å²) in [5.74, 6) is 1.77. The fourth-order valence-electron chi connectivity index (χ4n) is 1.79. The van der Waals surface area contributed by atoms with Crippen LogP contribution in [0.4, 0.5) is 17.2 Å². The lowest BCUT2D eigenvalue weighted by molar-refractivity contribution is -0.114. The summed E-state index contributed by atoms with van der Waals surface area (Å²) in [5.41, 5.74) is 1.54. The van der Waals surface area contributed by atoms with Crippen molar-refractivity contribution < 1.29 is 14.3 Å². The van der Waals surface area contributed by atoms with E-state index in [1.165, 1.54) is 6.92 Å². The molecule has 1 aromatic heterocycles. The monoisotopic (exact) mass is 287 g/mol. The molecule has 0 unspecified atom stereocenters. The summed E-state index contributed by atoms with van der Waals surface area (Å²) in [7, 11) is 3.21. The van der Waals surface area contributed by atoms with Gasteiger partial charge in [0.1, 0.15) is 17.3 Å². The number of ether oxygens (including phenoxy) is 2. The second kappa shape index (κ2) is 6.60. The van der Waals surface area contributed by atoms with E-state index in [1.54, 1.807) is 26.5 Å². The Morgan fingerprint density at radius 1 is 1.14 bits per heavy atom. The van der Waals surface area contributed by atoms with Crippen molar-refractivity contribution in [1.29, 1.82) is 0 Å². The number of carbonyl (C=O) groups excluding carboxylic acids is 1. The highest BCUT2D eigenvalue weighted by atomic mass is 16.5. The van der Waals surface area contributed by atoms with Crippen molar-refractivity contribution in [2.24, 2.45) is 0 Å². The molecule has 0 aliphatic carbocycles. The quantitative estimate of drug-likeness (QED) is 0.884. The van der Waals surface area contributed by atoms with Crippen LogP contribution in [0.1, 0.15) is 6.92 Å². The van der Waals surface area contributed by atoms with Crippen LogP contribution in [0.5, 0.6) is 11.5 Å². The number of hydrogen-bond acceptors (Lipinski definition) is 5. The number of nitrogens with zero attached hydrogens (tertiary/aromatic N) is 1. The highest BCUT2D eigenvalue weighted by Crippen LogP contribution is 2.31. The summed E-state index contributed by atoms with van der Waals surface area (Å²) in [6, 6.07) is 9.01. The van der Waals surface area contributed by atoms with E-state index >= 15 is 0 Å². The molecular weight excluding hydrogens is 270 g/mol. The Kier molecular flexibility index (Phi) is 4.61. The maximum absolute atomic E-state index is 10.9. The third-order valence-electron chi connectivity index (χ3n) is 2.75. The topological polar surface area (TPSA) is 72.5 Å². The van der Waals surface area contributed by atoms with Gasteiger partial charge in [0.05, 0.1) is 31.8 Å². The molecule has 6 heteroatoms. The third-order valence-corrected chi connectivity index (χ3v) is 2.75. The molecule has 1 aromatic carbocycles. The number of anilines is 3.